The molecule has 3 rings (SSSR count). The van der Waals surface area contributed by atoms with Crippen molar-refractivity contribution in [1.29, 1.82) is 0 Å². The van der Waals surface area contributed by atoms with Gasteiger partial charge in [-0.1, -0.05) is 18.2 Å². The summed E-state index contributed by atoms with van der Waals surface area (Å²) in [5.74, 6) is 2.55. The van der Waals surface area contributed by atoms with Gasteiger partial charge in [-0.15, -0.1) is 0 Å². The Morgan fingerprint density at radius 3 is 2.71 bits per heavy atom. The van der Waals surface area contributed by atoms with E-state index in [1.54, 1.807) is 12.0 Å². The van der Waals surface area contributed by atoms with Crippen molar-refractivity contribution in [1.82, 2.24) is 9.80 Å². The fourth-order valence-corrected chi connectivity index (χ4v) is 3.54. The van der Waals surface area contributed by atoms with E-state index in [2.05, 4.69) is 4.90 Å². The molecule has 1 saturated heterocycles. The van der Waals surface area contributed by atoms with Crippen LogP contribution in [0.4, 0.5) is 0 Å². The van der Waals surface area contributed by atoms with E-state index in [0.717, 1.165) is 48.8 Å². The van der Waals surface area contributed by atoms with Crippen molar-refractivity contribution in [3.63, 3.8) is 0 Å². The average Bonchev–Trinajstić information content (AvgIpc) is 3.33. The summed E-state index contributed by atoms with van der Waals surface area (Å²) in [6, 6.07) is 11.8. The second-order valence-corrected chi connectivity index (χ2v) is 7.38. The minimum Gasteiger partial charge on any atom is -0.496 e. The van der Waals surface area contributed by atoms with Crippen LogP contribution in [0.1, 0.15) is 29.9 Å². The highest BCUT2D eigenvalue weighted by Gasteiger charge is 2.23. The van der Waals surface area contributed by atoms with E-state index in [1.807, 2.05) is 50.4 Å². The fraction of sp³-hybridized carbons (Fsp3) is 0.500. The molecular formula is C22H30N2O4. The second-order valence-electron chi connectivity index (χ2n) is 7.38. The van der Waals surface area contributed by atoms with Crippen LogP contribution in [-0.4, -0.2) is 55.7 Å². The van der Waals surface area contributed by atoms with E-state index in [4.69, 9.17) is 13.9 Å². The zero-order valence-electron chi connectivity index (χ0n) is 17.0. The average molecular weight is 386 g/mol. The molecule has 2 heterocycles. The third-order valence-corrected chi connectivity index (χ3v) is 5.05. The summed E-state index contributed by atoms with van der Waals surface area (Å²) in [5.41, 5.74) is 1.07. The van der Waals surface area contributed by atoms with Gasteiger partial charge in [0.05, 0.1) is 26.3 Å². The van der Waals surface area contributed by atoms with Gasteiger partial charge >= 0.3 is 0 Å². The maximum atomic E-state index is 12.9. The van der Waals surface area contributed by atoms with Crippen LogP contribution in [0.5, 0.6) is 5.75 Å². The SMILES string of the molecule is COc1ccccc1CN(CC(=O)N(C)Cc1ccc(C)o1)CC1CCCO1. The van der Waals surface area contributed by atoms with Crippen LogP contribution in [0, 0.1) is 6.92 Å². The number of ether oxygens (including phenoxy) is 2. The van der Waals surface area contributed by atoms with Gasteiger partial charge in [0.25, 0.3) is 0 Å². The van der Waals surface area contributed by atoms with E-state index in [1.165, 1.54) is 0 Å². The molecule has 1 amide bonds. The summed E-state index contributed by atoms with van der Waals surface area (Å²) in [6.45, 7) is 4.88. The largest absolute Gasteiger partial charge is 0.496 e. The molecule has 6 heteroatoms. The number of para-hydroxylation sites is 1. The number of likely N-dealkylation sites (N-methyl/N-ethyl adjacent to an activating group) is 1. The smallest absolute Gasteiger partial charge is 0.236 e. The monoisotopic (exact) mass is 386 g/mol. The molecule has 1 aromatic carbocycles. The van der Waals surface area contributed by atoms with Gasteiger partial charge < -0.3 is 18.8 Å². The molecule has 0 spiro atoms. The molecule has 6 nitrogen and oxygen atoms in total. The molecule has 2 aromatic rings. The first-order chi connectivity index (χ1) is 13.5. The van der Waals surface area contributed by atoms with Crippen molar-refractivity contribution in [3.05, 3.63) is 53.5 Å². The summed E-state index contributed by atoms with van der Waals surface area (Å²) in [7, 11) is 3.49. The third-order valence-electron chi connectivity index (χ3n) is 5.05. The van der Waals surface area contributed by atoms with Gasteiger partial charge in [0.1, 0.15) is 17.3 Å². The van der Waals surface area contributed by atoms with Gasteiger partial charge in [0.15, 0.2) is 0 Å². The van der Waals surface area contributed by atoms with Crippen molar-refractivity contribution in [2.45, 2.75) is 39.0 Å². The Balaban J connectivity index is 1.66. The quantitative estimate of drug-likeness (QED) is 0.662. The molecule has 152 valence electrons. The van der Waals surface area contributed by atoms with Crippen molar-refractivity contribution < 1.29 is 18.7 Å². The number of hydrogen-bond donors (Lipinski definition) is 0. The molecule has 1 atom stereocenters. The lowest BCUT2D eigenvalue weighted by atomic mass is 10.1. The number of hydrogen-bond acceptors (Lipinski definition) is 5. The Morgan fingerprint density at radius 2 is 2.04 bits per heavy atom. The minimum absolute atomic E-state index is 0.0574. The lowest BCUT2D eigenvalue weighted by Crippen LogP contribution is -2.41. The Morgan fingerprint density at radius 1 is 1.21 bits per heavy atom. The van der Waals surface area contributed by atoms with E-state index < -0.39 is 0 Å². The fourth-order valence-electron chi connectivity index (χ4n) is 3.54. The predicted molar refractivity (Wildman–Crippen MR) is 107 cm³/mol. The summed E-state index contributed by atoms with van der Waals surface area (Å²) in [6.07, 6.45) is 2.30. The predicted octanol–water partition coefficient (Wildman–Crippen LogP) is 3.24. The molecule has 0 saturated carbocycles. The minimum atomic E-state index is 0.0574. The Labute approximate surface area is 167 Å². The van der Waals surface area contributed by atoms with Crippen molar-refractivity contribution in [2.24, 2.45) is 0 Å². The van der Waals surface area contributed by atoms with Crippen LogP contribution >= 0.6 is 0 Å². The molecule has 1 aliphatic rings. The molecule has 0 bridgehead atoms. The molecule has 0 N–H and O–H groups in total. The zero-order valence-corrected chi connectivity index (χ0v) is 17.0. The van der Waals surface area contributed by atoms with E-state index in [-0.39, 0.29) is 12.0 Å². The molecule has 1 aromatic heterocycles. The first-order valence-corrected chi connectivity index (χ1v) is 9.80. The molecule has 1 aliphatic heterocycles. The first-order valence-electron chi connectivity index (χ1n) is 9.80. The number of carbonyl (C=O) groups excluding carboxylic acids is 1. The van der Waals surface area contributed by atoms with E-state index in [9.17, 15) is 4.79 Å². The van der Waals surface area contributed by atoms with Crippen molar-refractivity contribution >= 4 is 5.91 Å². The molecule has 28 heavy (non-hydrogen) atoms. The van der Waals surface area contributed by atoms with Crippen LogP contribution < -0.4 is 4.74 Å². The summed E-state index contributed by atoms with van der Waals surface area (Å²) < 4.78 is 16.9. The highest BCUT2D eigenvalue weighted by molar-refractivity contribution is 5.78. The number of furan rings is 1. The van der Waals surface area contributed by atoms with Gasteiger partial charge in [0, 0.05) is 32.3 Å². The number of rotatable bonds is 9. The highest BCUT2D eigenvalue weighted by Crippen LogP contribution is 2.21. The van der Waals surface area contributed by atoms with Gasteiger partial charge in [-0.3, -0.25) is 9.69 Å². The lowest BCUT2D eigenvalue weighted by molar-refractivity contribution is -0.132. The normalized spacial score (nSPS) is 16.5. The first kappa shape index (κ1) is 20.4. The van der Waals surface area contributed by atoms with Crippen LogP contribution in [0.2, 0.25) is 0 Å². The summed E-state index contributed by atoms with van der Waals surface area (Å²) in [4.78, 5) is 16.7. The zero-order chi connectivity index (χ0) is 19.9. The summed E-state index contributed by atoms with van der Waals surface area (Å²) in [5, 5.41) is 0. The highest BCUT2D eigenvalue weighted by atomic mass is 16.5. The molecule has 1 fully saturated rings. The van der Waals surface area contributed by atoms with Gasteiger partial charge in [-0.05, 0) is 38.0 Å². The maximum absolute atomic E-state index is 12.9. The second kappa shape index (κ2) is 9.75. The molecule has 0 radical (unpaired) electrons. The Kier molecular flexibility index (Phi) is 7.12. The number of carbonyl (C=O) groups is 1. The Hall–Kier alpha value is -2.31. The summed E-state index contributed by atoms with van der Waals surface area (Å²) >= 11 is 0. The number of methoxy groups -OCH3 is 1. The number of amides is 1. The van der Waals surface area contributed by atoms with E-state index >= 15 is 0 Å². The topological polar surface area (TPSA) is 55.2 Å². The maximum Gasteiger partial charge on any atom is 0.236 e. The molecule has 1 unspecified atom stereocenters. The lowest BCUT2D eigenvalue weighted by Gasteiger charge is -2.27. The van der Waals surface area contributed by atoms with Gasteiger partial charge in [-0.25, -0.2) is 0 Å². The van der Waals surface area contributed by atoms with Gasteiger partial charge in [-0.2, -0.15) is 0 Å². The number of nitrogens with zero attached hydrogens (tertiary/aromatic N) is 2. The third kappa shape index (κ3) is 5.59. The van der Waals surface area contributed by atoms with Crippen molar-refractivity contribution in [3.8, 4) is 5.75 Å². The number of benzene rings is 1. The Bertz CT molecular complexity index is 767. The number of aryl methyl sites for hydroxylation is 1. The van der Waals surface area contributed by atoms with Crippen LogP contribution in [-0.2, 0) is 22.6 Å². The molecular weight excluding hydrogens is 356 g/mol. The standard InChI is InChI=1S/C22H30N2O4/c1-17-10-11-20(28-17)14-23(2)22(25)16-24(15-19-8-6-12-27-19)13-18-7-4-5-9-21(18)26-3/h4-5,7,9-11,19H,6,8,12-16H2,1-3H3. The van der Waals surface area contributed by atoms with E-state index in [0.29, 0.717) is 19.6 Å². The molecule has 0 aliphatic carbocycles. The van der Waals surface area contributed by atoms with Crippen LogP contribution in [0.3, 0.4) is 0 Å². The van der Waals surface area contributed by atoms with Crippen molar-refractivity contribution in [2.75, 3.05) is 33.9 Å². The van der Waals surface area contributed by atoms with Crippen LogP contribution in [0.25, 0.3) is 0 Å². The van der Waals surface area contributed by atoms with Crippen LogP contribution in [0.15, 0.2) is 40.8 Å². The van der Waals surface area contributed by atoms with Gasteiger partial charge in [0.2, 0.25) is 5.91 Å².